The van der Waals surface area contributed by atoms with Gasteiger partial charge in [-0.25, -0.2) is 9.59 Å². The Labute approximate surface area is 128 Å². The van der Waals surface area contributed by atoms with Gasteiger partial charge in [0, 0.05) is 17.6 Å². The minimum absolute atomic E-state index is 0.0542. The van der Waals surface area contributed by atoms with Gasteiger partial charge in [0.2, 0.25) is 0 Å². The van der Waals surface area contributed by atoms with Gasteiger partial charge in [-0.1, -0.05) is 30.3 Å². The molecule has 0 radical (unpaired) electrons. The first kappa shape index (κ1) is 15.6. The summed E-state index contributed by atoms with van der Waals surface area (Å²) in [5.41, 5.74) is 0.180. The van der Waals surface area contributed by atoms with Crippen molar-refractivity contribution < 1.29 is 19.1 Å². The third kappa shape index (κ3) is 5.63. The Balaban J connectivity index is 1.66. The molecule has 114 valence electrons. The van der Waals surface area contributed by atoms with E-state index < -0.39 is 11.5 Å². The summed E-state index contributed by atoms with van der Waals surface area (Å²) in [5, 5.41) is 2.83. The molecule has 0 spiro atoms. The summed E-state index contributed by atoms with van der Waals surface area (Å²) < 4.78 is 10.1. The van der Waals surface area contributed by atoms with E-state index >= 15 is 0 Å². The van der Waals surface area contributed by atoms with Crippen molar-refractivity contribution in [2.75, 3.05) is 0 Å². The maximum atomic E-state index is 11.7. The highest BCUT2D eigenvalue weighted by Gasteiger charge is 2.24. The summed E-state index contributed by atoms with van der Waals surface area (Å²) in [6, 6.07) is 9.57. The number of amides is 1. The average Bonchev–Trinajstić information content (AvgIpc) is 2.48. The molecule has 21 heavy (non-hydrogen) atoms. The Hall–Kier alpha value is -1.75. The molecule has 1 saturated carbocycles. The summed E-state index contributed by atoms with van der Waals surface area (Å²) in [4.78, 5) is 22.3. The number of ether oxygens (including phenoxy) is 2. The predicted molar refractivity (Wildman–Crippen MR) is 78.1 cm³/mol. The zero-order valence-corrected chi connectivity index (χ0v) is 12.3. The molecule has 0 aromatic heterocycles. The van der Waals surface area contributed by atoms with Crippen LogP contribution in [0.25, 0.3) is 0 Å². The van der Waals surface area contributed by atoms with E-state index in [2.05, 4.69) is 5.32 Å². The van der Waals surface area contributed by atoms with Crippen LogP contribution < -0.4 is 5.32 Å². The Bertz CT molecular complexity index is 472. The summed E-state index contributed by atoms with van der Waals surface area (Å²) in [7, 11) is 0. The minimum atomic E-state index is -0.770. The van der Waals surface area contributed by atoms with Crippen molar-refractivity contribution in [3.05, 3.63) is 35.9 Å². The highest BCUT2D eigenvalue weighted by Crippen LogP contribution is 2.22. The van der Waals surface area contributed by atoms with E-state index in [4.69, 9.17) is 21.1 Å². The molecule has 1 aliphatic carbocycles. The maximum Gasteiger partial charge on any atom is 0.407 e. The normalized spacial score (nSPS) is 21.4. The van der Waals surface area contributed by atoms with Crippen LogP contribution in [-0.2, 0) is 16.1 Å². The zero-order valence-electron chi connectivity index (χ0n) is 11.6. The molecule has 0 saturated heterocycles. The van der Waals surface area contributed by atoms with Crippen LogP contribution in [0.3, 0.4) is 0 Å². The fourth-order valence-electron chi connectivity index (χ4n) is 2.39. The van der Waals surface area contributed by atoms with Gasteiger partial charge in [0.25, 0.3) is 0 Å². The van der Waals surface area contributed by atoms with Crippen LogP contribution in [0.4, 0.5) is 9.59 Å². The van der Waals surface area contributed by atoms with Crippen LogP contribution in [0.2, 0.25) is 0 Å². The second kappa shape index (κ2) is 7.88. The topological polar surface area (TPSA) is 64.6 Å². The lowest BCUT2D eigenvalue weighted by Crippen LogP contribution is -2.39. The maximum absolute atomic E-state index is 11.7. The number of benzene rings is 1. The standard InChI is InChI=1S/C15H18ClNO4/c16-14(18)21-13-8-6-12(7-9-13)17-15(19)20-10-11-4-2-1-3-5-11/h1-5,12-13H,6-10H2,(H,17,19). The Morgan fingerprint density at radius 2 is 1.81 bits per heavy atom. The molecule has 0 unspecified atom stereocenters. The van der Waals surface area contributed by atoms with Gasteiger partial charge in [-0.3, -0.25) is 0 Å². The SMILES string of the molecule is O=C(Cl)OC1CCC(NC(=O)OCc2ccccc2)CC1. The molecule has 0 atom stereocenters. The zero-order chi connectivity index (χ0) is 15.1. The largest absolute Gasteiger partial charge is 0.450 e. The first-order chi connectivity index (χ1) is 10.1. The number of hydrogen-bond acceptors (Lipinski definition) is 4. The van der Waals surface area contributed by atoms with Gasteiger partial charge in [-0.2, -0.15) is 0 Å². The van der Waals surface area contributed by atoms with Gasteiger partial charge in [-0.05, 0) is 31.2 Å². The van der Waals surface area contributed by atoms with E-state index in [1.807, 2.05) is 30.3 Å². The summed E-state index contributed by atoms with van der Waals surface area (Å²) in [6.45, 7) is 0.256. The first-order valence-electron chi connectivity index (χ1n) is 6.97. The minimum Gasteiger partial charge on any atom is -0.450 e. The van der Waals surface area contributed by atoms with Gasteiger partial charge in [0.15, 0.2) is 0 Å². The Kier molecular flexibility index (Phi) is 5.87. The van der Waals surface area contributed by atoms with E-state index in [0.29, 0.717) is 12.8 Å². The number of halogens is 1. The number of rotatable bonds is 4. The predicted octanol–water partition coefficient (Wildman–Crippen LogP) is 3.60. The third-order valence-electron chi connectivity index (χ3n) is 3.47. The molecule has 0 heterocycles. The van der Waals surface area contributed by atoms with Gasteiger partial charge in [0.1, 0.15) is 12.7 Å². The lowest BCUT2D eigenvalue weighted by atomic mass is 9.93. The molecular formula is C15H18ClNO4. The van der Waals surface area contributed by atoms with Crippen LogP contribution in [0.1, 0.15) is 31.2 Å². The van der Waals surface area contributed by atoms with Crippen molar-refractivity contribution in [2.24, 2.45) is 0 Å². The quantitative estimate of drug-likeness (QED) is 0.863. The third-order valence-corrected chi connectivity index (χ3v) is 3.56. The number of carbonyl (C=O) groups excluding carboxylic acids is 2. The summed E-state index contributed by atoms with van der Waals surface area (Å²) in [6.07, 6.45) is 2.32. The van der Waals surface area contributed by atoms with E-state index in [1.165, 1.54) is 0 Å². The Morgan fingerprint density at radius 3 is 2.43 bits per heavy atom. The van der Waals surface area contributed by atoms with Crippen LogP contribution in [0, 0.1) is 0 Å². The molecular weight excluding hydrogens is 294 g/mol. The van der Waals surface area contributed by atoms with Crippen molar-refractivity contribution in [3.63, 3.8) is 0 Å². The molecule has 5 nitrogen and oxygen atoms in total. The first-order valence-corrected chi connectivity index (χ1v) is 7.34. The van der Waals surface area contributed by atoms with E-state index in [-0.39, 0.29) is 18.8 Å². The molecule has 2 rings (SSSR count). The number of hydrogen-bond donors (Lipinski definition) is 1. The van der Waals surface area contributed by atoms with Gasteiger partial charge >= 0.3 is 11.5 Å². The smallest absolute Gasteiger partial charge is 0.407 e. The van der Waals surface area contributed by atoms with Crippen molar-refractivity contribution in [3.8, 4) is 0 Å². The van der Waals surface area contributed by atoms with Crippen LogP contribution in [-0.4, -0.2) is 23.7 Å². The highest BCUT2D eigenvalue weighted by atomic mass is 35.5. The summed E-state index contributed by atoms with van der Waals surface area (Å²) in [5.74, 6) is 0. The molecule has 1 fully saturated rings. The molecule has 1 amide bonds. The van der Waals surface area contributed by atoms with Crippen LogP contribution >= 0.6 is 11.6 Å². The number of carbonyl (C=O) groups is 2. The van der Waals surface area contributed by atoms with Crippen molar-refractivity contribution >= 4 is 23.1 Å². The molecule has 6 heteroatoms. The van der Waals surface area contributed by atoms with Crippen LogP contribution in [0.15, 0.2) is 30.3 Å². The second-order valence-electron chi connectivity index (χ2n) is 5.04. The number of nitrogens with one attached hydrogen (secondary N) is 1. The molecule has 1 aliphatic rings. The molecule has 0 bridgehead atoms. The van der Waals surface area contributed by atoms with Gasteiger partial charge in [-0.15, -0.1) is 0 Å². The molecule has 1 aromatic carbocycles. The van der Waals surface area contributed by atoms with Crippen molar-refractivity contribution in [1.29, 1.82) is 0 Å². The highest BCUT2D eigenvalue weighted by molar-refractivity contribution is 6.61. The van der Waals surface area contributed by atoms with Gasteiger partial charge in [0.05, 0.1) is 0 Å². The summed E-state index contributed by atoms with van der Waals surface area (Å²) >= 11 is 5.18. The lowest BCUT2D eigenvalue weighted by molar-refractivity contribution is 0.0834. The average molecular weight is 312 g/mol. The fourth-order valence-corrected chi connectivity index (χ4v) is 2.51. The number of alkyl carbamates (subject to hydrolysis) is 1. The van der Waals surface area contributed by atoms with E-state index in [0.717, 1.165) is 18.4 Å². The van der Waals surface area contributed by atoms with Crippen molar-refractivity contribution in [2.45, 2.75) is 44.4 Å². The van der Waals surface area contributed by atoms with Crippen LogP contribution in [0.5, 0.6) is 0 Å². The van der Waals surface area contributed by atoms with Crippen molar-refractivity contribution in [1.82, 2.24) is 5.32 Å². The van der Waals surface area contributed by atoms with E-state index in [1.54, 1.807) is 0 Å². The molecule has 1 aromatic rings. The monoisotopic (exact) mass is 311 g/mol. The molecule has 1 N–H and O–H groups in total. The fraction of sp³-hybridized carbons (Fsp3) is 0.467. The van der Waals surface area contributed by atoms with Gasteiger partial charge < -0.3 is 14.8 Å². The molecule has 0 aliphatic heterocycles. The van der Waals surface area contributed by atoms with E-state index in [9.17, 15) is 9.59 Å². The second-order valence-corrected chi connectivity index (χ2v) is 5.34. The lowest BCUT2D eigenvalue weighted by Gasteiger charge is -2.27. The Morgan fingerprint density at radius 1 is 1.14 bits per heavy atom.